The molecule has 0 saturated heterocycles. The van der Waals surface area contributed by atoms with Crippen LogP contribution in [0.25, 0.3) is 0 Å². The Morgan fingerprint density at radius 3 is 1.32 bits per heavy atom. The number of carboxylic acids is 1. The summed E-state index contributed by atoms with van der Waals surface area (Å²) in [7, 11) is 0. The van der Waals surface area contributed by atoms with Crippen molar-refractivity contribution in [1.29, 1.82) is 0 Å². The molecule has 3 aromatic rings. The van der Waals surface area contributed by atoms with Gasteiger partial charge in [-0.05, 0) is 81.8 Å². The predicted molar refractivity (Wildman–Crippen MR) is 144 cm³/mol. The standard InChI is InChI=1S/C6H6Cl2N4O2.C4H3Cl2N5O.C4H3Cl2N5S/c7-4-10-5(8)12-6(11-4)9-2-1-3(13)14;2*5-1-8-2(6)10-4(9-1)11-3(7)12/h1-2H2,(H,13,14)(H,9,10,11,12);2*(H3,7,8,9,10,11,12). The van der Waals surface area contributed by atoms with Crippen LogP contribution in [0.5, 0.6) is 0 Å². The Bertz CT molecular complexity index is 1170. The van der Waals surface area contributed by atoms with Gasteiger partial charge in [-0.2, -0.15) is 44.9 Å². The molecule has 0 fully saturated rings. The lowest BCUT2D eigenvalue weighted by Crippen LogP contribution is -2.21. The molecule has 8 N–H and O–H groups in total. The lowest BCUT2D eigenvalue weighted by Gasteiger charge is -2.02. The topological polar surface area (TPSA) is 259 Å². The maximum Gasteiger partial charge on any atom is 0.319 e. The van der Waals surface area contributed by atoms with Crippen LogP contribution in [0, 0.1) is 0 Å². The van der Waals surface area contributed by atoms with Crippen LogP contribution < -0.4 is 27.4 Å². The van der Waals surface area contributed by atoms with E-state index in [4.69, 9.17) is 86.2 Å². The summed E-state index contributed by atoms with van der Waals surface area (Å²) in [6, 6.07) is -0.798. The van der Waals surface area contributed by atoms with E-state index < -0.39 is 12.0 Å². The molecule has 17 nitrogen and oxygen atoms in total. The van der Waals surface area contributed by atoms with Crippen LogP contribution in [-0.2, 0) is 4.79 Å². The van der Waals surface area contributed by atoms with Gasteiger partial charge < -0.3 is 27.2 Å². The molecule has 24 heteroatoms. The zero-order valence-electron chi connectivity index (χ0n) is 18.0. The Morgan fingerprint density at radius 2 is 1.00 bits per heavy atom. The van der Waals surface area contributed by atoms with Gasteiger partial charge in [0.2, 0.25) is 49.5 Å². The van der Waals surface area contributed by atoms with E-state index in [1.54, 1.807) is 0 Å². The number of rotatable bonds is 6. The quantitative estimate of drug-likeness (QED) is 0.206. The Labute approximate surface area is 247 Å². The van der Waals surface area contributed by atoms with Crippen molar-refractivity contribution in [1.82, 2.24) is 44.9 Å². The van der Waals surface area contributed by atoms with E-state index in [1.807, 2.05) is 0 Å². The number of hydrogen-bond donors (Lipinski definition) is 6. The molecule has 0 aliphatic carbocycles. The average Bonchev–Trinajstić information content (AvgIpc) is 2.71. The summed E-state index contributed by atoms with van der Waals surface area (Å²) in [5, 5.41) is 15.3. The normalized spacial score (nSPS) is 9.63. The number of halogens is 6. The molecule has 0 aliphatic rings. The Hall–Kier alpha value is -3.00. The molecule has 3 heterocycles. The molecule has 38 heavy (non-hydrogen) atoms. The zero-order chi connectivity index (χ0) is 28.8. The molecular formula is C14H12Cl6N14O3S. The van der Waals surface area contributed by atoms with Crippen LogP contribution in [0.3, 0.4) is 0 Å². The molecule has 0 bridgehead atoms. The van der Waals surface area contributed by atoms with Crippen molar-refractivity contribution < 1.29 is 14.7 Å². The van der Waals surface area contributed by atoms with E-state index in [0.29, 0.717) is 0 Å². The summed E-state index contributed by atoms with van der Waals surface area (Å²) in [5.74, 6) is -0.694. The average molecular weight is 669 g/mol. The number of urea groups is 1. The highest BCUT2D eigenvalue weighted by molar-refractivity contribution is 7.80. The third-order valence-corrected chi connectivity index (χ3v) is 3.95. The van der Waals surface area contributed by atoms with Crippen molar-refractivity contribution in [2.24, 2.45) is 11.5 Å². The second-order valence-corrected chi connectivity index (χ2v) is 8.11. The molecule has 0 saturated carbocycles. The molecular weight excluding hydrogens is 657 g/mol. The van der Waals surface area contributed by atoms with Crippen LogP contribution in [0.2, 0.25) is 31.7 Å². The van der Waals surface area contributed by atoms with Crippen LogP contribution in [0.4, 0.5) is 22.6 Å². The van der Waals surface area contributed by atoms with Gasteiger partial charge in [0.15, 0.2) is 5.11 Å². The van der Waals surface area contributed by atoms with Crippen LogP contribution in [0.15, 0.2) is 0 Å². The van der Waals surface area contributed by atoms with Crippen molar-refractivity contribution in [3.8, 4) is 0 Å². The smallest absolute Gasteiger partial charge is 0.319 e. The van der Waals surface area contributed by atoms with E-state index in [9.17, 15) is 9.59 Å². The largest absolute Gasteiger partial charge is 0.481 e. The summed E-state index contributed by atoms with van der Waals surface area (Å²) < 4.78 is 0. The molecule has 204 valence electrons. The second-order valence-electron chi connectivity index (χ2n) is 5.64. The first-order chi connectivity index (χ1) is 17.7. The third kappa shape index (κ3) is 15.3. The number of hydrogen-bond acceptors (Lipinski definition) is 13. The number of nitrogens with one attached hydrogen (secondary N) is 3. The summed E-state index contributed by atoms with van der Waals surface area (Å²) >= 11 is 37.2. The highest BCUT2D eigenvalue weighted by atomic mass is 35.5. The van der Waals surface area contributed by atoms with E-state index >= 15 is 0 Å². The minimum atomic E-state index is -0.913. The molecule has 0 aliphatic heterocycles. The number of amides is 2. The second kappa shape index (κ2) is 16.8. The van der Waals surface area contributed by atoms with Crippen LogP contribution in [-0.4, -0.2) is 73.6 Å². The zero-order valence-corrected chi connectivity index (χ0v) is 23.4. The SMILES string of the molecule is NC(=O)Nc1nc(Cl)nc(Cl)n1.NC(=S)Nc1nc(Cl)nc(Cl)n1.O=C(O)CCNc1nc(Cl)nc(Cl)n1. The maximum atomic E-state index is 10.3. The molecule has 0 radical (unpaired) electrons. The molecule has 0 unspecified atom stereocenters. The van der Waals surface area contributed by atoms with Crippen molar-refractivity contribution >= 4 is 117 Å². The number of thiocarbonyl (C=S) groups is 1. The number of carbonyl (C=O) groups is 2. The van der Waals surface area contributed by atoms with Gasteiger partial charge in [0.25, 0.3) is 0 Å². The maximum absolute atomic E-state index is 10.3. The number of primary amides is 1. The first kappa shape index (κ1) is 33.0. The summed E-state index contributed by atoms with van der Waals surface area (Å²) in [6.07, 6.45) is -0.0408. The van der Waals surface area contributed by atoms with E-state index in [0.717, 1.165) is 0 Å². The fourth-order valence-electron chi connectivity index (χ4n) is 1.67. The van der Waals surface area contributed by atoms with Crippen molar-refractivity contribution in [3.05, 3.63) is 31.7 Å². The first-order valence-corrected chi connectivity index (χ1v) is 11.7. The van der Waals surface area contributed by atoms with Gasteiger partial charge in [-0.15, -0.1) is 0 Å². The fraction of sp³-hybridized carbons (Fsp3) is 0.143. The van der Waals surface area contributed by atoms with Gasteiger partial charge in [0.05, 0.1) is 6.42 Å². The minimum Gasteiger partial charge on any atom is -0.481 e. The van der Waals surface area contributed by atoms with E-state index in [-0.39, 0.29) is 67.6 Å². The molecule has 3 aromatic heterocycles. The monoisotopic (exact) mass is 666 g/mol. The van der Waals surface area contributed by atoms with Gasteiger partial charge >= 0.3 is 12.0 Å². The number of carbonyl (C=O) groups excluding carboxylic acids is 1. The first-order valence-electron chi connectivity index (χ1n) is 9.03. The number of carboxylic acid groups (broad SMARTS) is 1. The summed E-state index contributed by atoms with van der Waals surface area (Å²) in [4.78, 5) is 52.7. The minimum absolute atomic E-state index is 0.0197. The highest BCUT2D eigenvalue weighted by Crippen LogP contribution is 2.10. The molecule has 2 amide bonds. The predicted octanol–water partition coefficient (Wildman–Crippen LogP) is 2.57. The molecule has 0 aromatic carbocycles. The Morgan fingerprint density at radius 1 is 0.658 bits per heavy atom. The number of nitrogens with zero attached hydrogens (tertiary/aromatic N) is 9. The summed E-state index contributed by atoms with van der Waals surface area (Å²) in [5.41, 5.74) is 9.95. The Kier molecular flexibility index (Phi) is 14.6. The summed E-state index contributed by atoms with van der Waals surface area (Å²) in [6.45, 7) is 0.200. The third-order valence-electron chi connectivity index (χ3n) is 2.83. The lowest BCUT2D eigenvalue weighted by atomic mass is 10.4. The van der Waals surface area contributed by atoms with Gasteiger partial charge in [-0.25, -0.2) is 4.79 Å². The number of anilines is 3. The number of aromatic nitrogens is 9. The molecule has 0 atom stereocenters. The molecule has 3 rings (SSSR count). The fourth-order valence-corrected chi connectivity index (χ4v) is 2.85. The van der Waals surface area contributed by atoms with Crippen molar-refractivity contribution in [3.63, 3.8) is 0 Å². The van der Waals surface area contributed by atoms with Gasteiger partial charge in [-0.3, -0.25) is 10.1 Å². The molecule has 0 spiro atoms. The lowest BCUT2D eigenvalue weighted by molar-refractivity contribution is -0.136. The van der Waals surface area contributed by atoms with Crippen molar-refractivity contribution in [2.45, 2.75) is 6.42 Å². The van der Waals surface area contributed by atoms with Gasteiger partial charge in [0, 0.05) is 6.54 Å². The van der Waals surface area contributed by atoms with E-state index in [1.165, 1.54) is 0 Å². The van der Waals surface area contributed by atoms with E-state index in [2.05, 4.69) is 73.0 Å². The highest BCUT2D eigenvalue weighted by Gasteiger charge is 2.05. The van der Waals surface area contributed by atoms with Crippen LogP contribution >= 0.6 is 81.8 Å². The van der Waals surface area contributed by atoms with Crippen LogP contribution in [0.1, 0.15) is 6.42 Å². The van der Waals surface area contributed by atoms with Crippen molar-refractivity contribution in [2.75, 3.05) is 22.5 Å². The number of nitrogens with two attached hydrogens (primary N) is 2. The van der Waals surface area contributed by atoms with Gasteiger partial charge in [0.1, 0.15) is 0 Å². The Balaban J connectivity index is 0.000000286. The van der Waals surface area contributed by atoms with Gasteiger partial charge in [-0.1, -0.05) is 0 Å². The number of aliphatic carboxylic acids is 1.